The van der Waals surface area contributed by atoms with Gasteiger partial charge in [0.2, 0.25) is 15.9 Å². The molecule has 1 amide bonds. The highest BCUT2D eigenvalue weighted by atomic mass is 32.2. The molecule has 0 bridgehead atoms. The van der Waals surface area contributed by atoms with Gasteiger partial charge in [-0.1, -0.05) is 25.1 Å². The summed E-state index contributed by atoms with van der Waals surface area (Å²) in [5.74, 6) is -0.405. The van der Waals surface area contributed by atoms with Gasteiger partial charge in [0.05, 0.1) is 10.4 Å². The molecule has 0 aliphatic carbocycles. The van der Waals surface area contributed by atoms with Gasteiger partial charge in [0.25, 0.3) is 0 Å². The number of aromatic nitrogens is 1. The Morgan fingerprint density at radius 3 is 2.68 bits per heavy atom. The summed E-state index contributed by atoms with van der Waals surface area (Å²) in [7, 11) is -2.49. The number of anilines is 1. The van der Waals surface area contributed by atoms with Crippen molar-refractivity contribution in [2.45, 2.75) is 30.7 Å². The molecule has 166 valence electrons. The highest BCUT2D eigenvalue weighted by Crippen LogP contribution is 2.20. The van der Waals surface area contributed by atoms with Gasteiger partial charge in [-0.2, -0.15) is 16.5 Å². The van der Waals surface area contributed by atoms with Gasteiger partial charge in [-0.15, -0.1) is 0 Å². The Labute approximate surface area is 185 Å². The minimum atomic E-state index is -4.03. The Morgan fingerprint density at radius 2 is 1.97 bits per heavy atom. The third kappa shape index (κ3) is 5.20. The largest absolute Gasteiger partial charge is 0.419 e. The van der Waals surface area contributed by atoms with E-state index in [1.807, 2.05) is 31.4 Å². The van der Waals surface area contributed by atoms with E-state index in [2.05, 4.69) is 10.0 Å². The first kappa shape index (κ1) is 23.1. The zero-order valence-electron chi connectivity index (χ0n) is 17.5. The normalized spacial score (nSPS) is 12.7. The summed E-state index contributed by atoms with van der Waals surface area (Å²) < 4.78 is 34.9. The van der Waals surface area contributed by atoms with Crippen LogP contribution < -0.4 is 15.8 Å². The van der Waals surface area contributed by atoms with Crippen molar-refractivity contribution in [3.05, 3.63) is 58.6 Å². The Balaban J connectivity index is 1.86. The molecule has 1 atom stereocenters. The van der Waals surface area contributed by atoms with E-state index in [4.69, 9.17) is 4.42 Å². The Kier molecular flexibility index (Phi) is 7.24. The molecule has 2 aromatic carbocycles. The van der Waals surface area contributed by atoms with E-state index in [1.54, 1.807) is 6.07 Å². The number of sulfonamides is 1. The molecule has 0 saturated carbocycles. The second kappa shape index (κ2) is 9.71. The molecule has 3 rings (SSSR count). The zero-order valence-corrected chi connectivity index (χ0v) is 19.2. The molecule has 0 fully saturated rings. The van der Waals surface area contributed by atoms with Crippen LogP contribution in [0.1, 0.15) is 18.9 Å². The molecule has 10 heteroatoms. The van der Waals surface area contributed by atoms with E-state index in [0.717, 1.165) is 12.0 Å². The number of aryl methyl sites for hydroxylation is 2. The van der Waals surface area contributed by atoms with Crippen molar-refractivity contribution in [1.82, 2.24) is 9.29 Å². The first-order valence-corrected chi connectivity index (χ1v) is 12.6. The maximum Gasteiger partial charge on any atom is 0.419 e. The summed E-state index contributed by atoms with van der Waals surface area (Å²) >= 11 is 1.52. The maximum absolute atomic E-state index is 13.0. The fourth-order valence-electron chi connectivity index (χ4n) is 3.19. The summed E-state index contributed by atoms with van der Waals surface area (Å²) in [5.41, 5.74) is 2.27. The van der Waals surface area contributed by atoms with Crippen LogP contribution >= 0.6 is 11.8 Å². The topological polar surface area (TPSA) is 110 Å². The molecule has 1 heterocycles. The molecule has 0 radical (unpaired) electrons. The first-order valence-electron chi connectivity index (χ1n) is 9.76. The zero-order chi connectivity index (χ0) is 22.6. The number of hydrogen-bond donors (Lipinski definition) is 2. The fourth-order valence-corrected chi connectivity index (χ4v) is 4.90. The van der Waals surface area contributed by atoms with Crippen molar-refractivity contribution in [2.24, 2.45) is 7.05 Å². The third-order valence-corrected chi connectivity index (χ3v) is 7.07. The molecular formula is C21H25N3O5S2. The van der Waals surface area contributed by atoms with Crippen LogP contribution in [0.5, 0.6) is 0 Å². The molecule has 8 nitrogen and oxygen atoms in total. The number of fused-ring (bicyclic) bond motifs is 1. The number of benzene rings is 2. The lowest BCUT2D eigenvalue weighted by Gasteiger charge is -2.19. The van der Waals surface area contributed by atoms with Crippen LogP contribution in [0.25, 0.3) is 11.1 Å². The summed E-state index contributed by atoms with van der Waals surface area (Å²) in [6.45, 7) is 1.98. The molecular weight excluding hydrogens is 438 g/mol. The van der Waals surface area contributed by atoms with Gasteiger partial charge >= 0.3 is 5.76 Å². The number of nitrogens with zero attached hydrogens (tertiary/aromatic N) is 1. The monoisotopic (exact) mass is 463 g/mol. The molecule has 31 heavy (non-hydrogen) atoms. The van der Waals surface area contributed by atoms with Crippen LogP contribution in [0.15, 0.2) is 56.6 Å². The van der Waals surface area contributed by atoms with E-state index in [-0.39, 0.29) is 10.5 Å². The Hall–Kier alpha value is -2.56. The van der Waals surface area contributed by atoms with Crippen molar-refractivity contribution in [3.8, 4) is 0 Å². The molecule has 2 N–H and O–H groups in total. The fraction of sp³-hybridized carbons (Fsp3) is 0.333. The third-order valence-electron chi connectivity index (χ3n) is 4.95. The minimum absolute atomic E-state index is 0.0785. The standard InChI is InChI=1S/C21H25N3O5S2/c1-4-14-7-5-6-8-16(14)22-20(25)17(11-12-30-3)23-31(27,28)15-9-10-18-19(13-15)29-21(26)24(18)2/h5-10,13,17,23H,4,11-12H2,1-3H3,(H,22,25)/t17-/m1/s1. The highest BCUT2D eigenvalue weighted by Gasteiger charge is 2.26. The Bertz CT molecular complexity index is 1250. The van der Waals surface area contributed by atoms with Gasteiger partial charge in [-0.05, 0) is 48.6 Å². The molecule has 1 aromatic heterocycles. The molecule has 0 aliphatic heterocycles. The van der Waals surface area contributed by atoms with Crippen LogP contribution in [0.4, 0.5) is 5.69 Å². The predicted octanol–water partition coefficient (Wildman–Crippen LogP) is 2.73. The number of nitrogens with one attached hydrogen (secondary N) is 2. The van der Waals surface area contributed by atoms with E-state index < -0.39 is 27.7 Å². The smallest absolute Gasteiger partial charge is 0.408 e. The minimum Gasteiger partial charge on any atom is -0.408 e. The average Bonchev–Trinajstić information content (AvgIpc) is 3.04. The van der Waals surface area contributed by atoms with Crippen molar-refractivity contribution in [2.75, 3.05) is 17.3 Å². The van der Waals surface area contributed by atoms with Crippen molar-refractivity contribution < 1.29 is 17.6 Å². The van der Waals surface area contributed by atoms with E-state index >= 15 is 0 Å². The molecule has 3 aromatic rings. The van der Waals surface area contributed by atoms with E-state index in [9.17, 15) is 18.0 Å². The molecule has 0 spiro atoms. The van der Waals surface area contributed by atoms with Crippen molar-refractivity contribution in [1.29, 1.82) is 0 Å². The number of amides is 1. The number of hydrogen-bond acceptors (Lipinski definition) is 6. The number of carbonyl (C=O) groups is 1. The summed E-state index contributed by atoms with van der Waals surface area (Å²) in [6.07, 6.45) is 2.95. The quantitative estimate of drug-likeness (QED) is 0.505. The number of oxazole rings is 1. The van der Waals surface area contributed by atoms with E-state index in [0.29, 0.717) is 23.4 Å². The van der Waals surface area contributed by atoms with Gasteiger partial charge in [-0.25, -0.2) is 13.2 Å². The highest BCUT2D eigenvalue weighted by molar-refractivity contribution is 7.98. The van der Waals surface area contributed by atoms with Gasteiger partial charge in [0.15, 0.2) is 5.58 Å². The second-order valence-electron chi connectivity index (χ2n) is 7.01. The van der Waals surface area contributed by atoms with Crippen LogP contribution in [0.2, 0.25) is 0 Å². The first-order chi connectivity index (χ1) is 14.8. The molecule has 0 aliphatic rings. The van der Waals surface area contributed by atoms with Crippen molar-refractivity contribution in [3.63, 3.8) is 0 Å². The lowest BCUT2D eigenvalue weighted by Crippen LogP contribution is -2.44. The number of para-hydroxylation sites is 1. The van der Waals surface area contributed by atoms with Crippen molar-refractivity contribution >= 4 is 44.5 Å². The van der Waals surface area contributed by atoms with Crippen LogP contribution in [-0.2, 0) is 28.3 Å². The van der Waals surface area contributed by atoms with Crippen LogP contribution in [0, 0.1) is 0 Å². The number of thioether (sulfide) groups is 1. The summed E-state index contributed by atoms with van der Waals surface area (Å²) in [4.78, 5) is 24.6. The number of rotatable bonds is 9. The second-order valence-corrected chi connectivity index (χ2v) is 9.71. The van der Waals surface area contributed by atoms with Gasteiger partial charge in [0.1, 0.15) is 6.04 Å². The van der Waals surface area contributed by atoms with Gasteiger partial charge < -0.3 is 9.73 Å². The lowest BCUT2D eigenvalue weighted by molar-refractivity contribution is -0.117. The number of carbonyl (C=O) groups excluding carboxylic acids is 1. The molecule has 0 saturated heterocycles. The Morgan fingerprint density at radius 1 is 1.23 bits per heavy atom. The van der Waals surface area contributed by atoms with Crippen LogP contribution in [0.3, 0.4) is 0 Å². The molecule has 0 unspecified atom stereocenters. The van der Waals surface area contributed by atoms with Gasteiger partial charge in [-0.3, -0.25) is 9.36 Å². The van der Waals surface area contributed by atoms with Crippen LogP contribution in [-0.4, -0.2) is 36.9 Å². The maximum atomic E-state index is 13.0. The summed E-state index contributed by atoms with van der Waals surface area (Å²) in [5, 5.41) is 2.85. The SMILES string of the molecule is CCc1ccccc1NC(=O)[C@@H](CCSC)NS(=O)(=O)c1ccc2c(c1)oc(=O)n2C. The van der Waals surface area contributed by atoms with Gasteiger partial charge in [0, 0.05) is 18.8 Å². The summed E-state index contributed by atoms with van der Waals surface area (Å²) in [6, 6.07) is 10.6. The average molecular weight is 464 g/mol. The lowest BCUT2D eigenvalue weighted by atomic mass is 10.1. The predicted molar refractivity (Wildman–Crippen MR) is 123 cm³/mol. The van der Waals surface area contributed by atoms with E-state index in [1.165, 1.54) is 41.6 Å².